The van der Waals surface area contributed by atoms with Gasteiger partial charge in [0.2, 0.25) is 0 Å². The number of fused-ring (bicyclic) bond motifs is 3. The van der Waals surface area contributed by atoms with E-state index in [1.54, 1.807) is 12.1 Å². The summed E-state index contributed by atoms with van der Waals surface area (Å²) in [6, 6.07) is 17.0. The SMILES string of the molecule is Cc1nc(C(=O)Nc2ccccc2Cl)cc2c1[nH]c1ccccc12. The molecule has 0 bridgehead atoms. The predicted molar refractivity (Wildman–Crippen MR) is 97.7 cm³/mol. The van der Waals surface area contributed by atoms with E-state index in [0.717, 1.165) is 27.5 Å². The Balaban J connectivity index is 1.80. The maximum atomic E-state index is 12.6. The van der Waals surface area contributed by atoms with E-state index in [4.69, 9.17) is 11.6 Å². The minimum atomic E-state index is -0.279. The number of aromatic amines is 1. The van der Waals surface area contributed by atoms with Gasteiger partial charge in [0.25, 0.3) is 5.91 Å². The number of rotatable bonds is 2. The number of hydrogen-bond acceptors (Lipinski definition) is 2. The molecule has 2 aromatic heterocycles. The molecule has 0 spiro atoms. The Hall–Kier alpha value is -2.85. The van der Waals surface area contributed by atoms with Crippen molar-refractivity contribution in [2.75, 3.05) is 5.32 Å². The summed E-state index contributed by atoms with van der Waals surface area (Å²) >= 11 is 6.10. The number of amides is 1. The van der Waals surface area contributed by atoms with Crippen LogP contribution in [0.1, 0.15) is 16.2 Å². The van der Waals surface area contributed by atoms with Gasteiger partial charge in [0.15, 0.2) is 0 Å². The van der Waals surface area contributed by atoms with Crippen molar-refractivity contribution in [1.29, 1.82) is 0 Å². The fourth-order valence-electron chi connectivity index (χ4n) is 2.87. The van der Waals surface area contributed by atoms with E-state index in [2.05, 4.69) is 15.3 Å². The first-order chi connectivity index (χ1) is 11.6. The van der Waals surface area contributed by atoms with Gasteiger partial charge in [-0.3, -0.25) is 4.79 Å². The van der Waals surface area contributed by atoms with Crippen molar-refractivity contribution < 1.29 is 4.79 Å². The van der Waals surface area contributed by atoms with Crippen molar-refractivity contribution in [3.63, 3.8) is 0 Å². The number of hydrogen-bond donors (Lipinski definition) is 2. The van der Waals surface area contributed by atoms with Gasteiger partial charge < -0.3 is 10.3 Å². The van der Waals surface area contributed by atoms with Crippen LogP contribution in [0, 0.1) is 6.92 Å². The Kier molecular flexibility index (Phi) is 3.47. The zero-order valence-electron chi connectivity index (χ0n) is 12.9. The number of benzene rings is 2. The highest BCUT2D eigenvalue weighted by molar-refractivity contribution is 6.33. The zero-order chi connectivity index (χ0) is 16.7. The van der Waals surface area contributed by atoms with Gasteiger partial charge in [0.05, 0.1) is 21.9 Å². The van der Waals surface area contributed by atoms with Crippen LogP contribution in [0.2, 0.25) is 5.02 Å². The molecule has 4 aromatic rings. The van der Waals surface area contributed by atoms with Crippen LogP contribution in [0.3, 0.4) is 0 Å². The quantitative estimate of drug-likeness (QED) is 0.545. The lowest BCUT2D eigenvalue weighted by atomic mass is 10.1. The average Bonchev–Trinajstić information content (AvgIpc) is 2.96. The Labute approximate surface area is 143 Å². The van der Waals surface area contributed by atoms with Crippen LogP contribution in [0.25, 0.3) is 21.8 Å². The highest BCUT2D eigenvalue weighted by Crippen LogP contribution is 2.28. The third-order valence-corrected chi connectivity index (χ3v) is 4.36. The summed E-state index contributed by atoms with van der Waals surface area (Å²) < 4.78 is 0. The van der Waals surface area contributed by atoms with Crippen molar-refractivity contribution >= 4 is 45.0 Å². The van der Waals surface area contributed by atoms with Crippen molar-refractivity contribution in [3.05, 3.63) is 71.0 Å². The van der Waals surface area contributed by atoms with Crippen LogP contribution in [-0.4, -0.2) is 15.9 Å². The number of aromatic nitrogens is 2. The Bertz CT molecular complexity index is 1080. The second-order valence-corrected chi connectivity index (χ2v) is 6.03. The second kappa shape index (κ2) is 5.65. The number of aryl methyl sites for hydroxylation is 1. The number of anilines is 1. The van der Waals surface area contributed by atoms with Crippen LogP contribution in [0.4, 0.5) is 5.69 Å². The van der Waals surface area contributed by atoms with Gasteiger partial charge in [-0.05, 0) is 31.2 Å². The molecule has 0 aliphatic heterocycles. The number of halogens is 1. The zero-order valence-corrected chi connectivity index (χ0v) is 13.7. The first kappa shape index (κ1) is 14.7. The van der Waals surface area contributed by atoms with E-state index >= 15 is 0 Å². The lowest BCUT2D eigenvalue weighted by Gasteiger charge is -2.07. The van der Waals surface area contributed by atoms with Gasteiger partial charge in [-0.1, -0.05) is 41.9 Å². The van der Waals surface area contributed by atoms with Gasteiger partial charge in [0, 0.05) is 16.3 Å². The lowest BCUT2D eigenvalue weighted by Crippen LogP contribution is -2.14. The van der Waals surface area contributed by atoms with Gasteiger partial charge in [-0.2, -0.15) is 0 Å². The highest BCUT2D eigenvalue weighted by Gasteiger charge is 2.14. The van der Waals surface area contributed by atoms with Gasteiger partial charge >= 0.3 is 0 Å². The normalized spacial score (nSPS) is 11.1. The number of pyridine rings is 1. The van der Waals surface area contributed by atoms with Gasteiger partial charge in [-0.25, -0.2) is 4.98 Å². The Morgan fingerprint density at radius 2 is 1.83 bits per heavy atom. The molecule has 0 aliphatic carbocycles. The molecule has 2 aromatic carbocycles. The predicted octanol–water partition coefficient (Wildman–Crippen LogP) is 4.93. The van der Waals surface area contributed by atoms with E-state index in [0.29, 0.717) is 16.4 Å². The Morgan fingerprint density at radius 3 is 2.67 bits per heavy atom. The van der Waals surface area contributed by atoms with Crippen molar-refractivity contribution in [1.82, 2.24) is 9.97 Å². The molecule has 0 radical (unpaired) electrons. The molecule has 1 amide bonds. The van der Waals surface area contributed by atoms with E-state index in [1.807, 2.05) is 49.4 Å². The minimum Gasteiger partial charge on any atom is -0.353 e. The van der Waals surface area contributed by atoms with E-state index in [9.17, 15) is 4.79 Å². The molecule has 4 nitrogen and oxygen atoms in total. The summed E-state index contributed by atoms with van der Waals surface area (Å²) in [5.41, 5.74) is 3.70. The summed E-state index contributed by atoms with van der Waals surface area (Å²) in [6.45, 7) is 1.89. The van der Waals surface area contributed by atoms with E-state index < -0.39 is 0 Å². The number of carbonyl (C=O) groups excluding carboxylic acids is 1. The largest absolute Gasteiger partial charge is 0.353 e. The molecule has 118 valence electrons. The highest BCUT2D eigenvalue weighted by atomic mass is 35.5. The number of para-hydroxylation sites is 2. The fraction of sp³-hybridized carbons (Fsp3) is 0.0526. The van der Waals surface area contributed by atoms with Gasteiger partial charge in [-0.15, -0.1) is 0 Å². The molecule has 5 heteroatoms. The molecule has 0 fully saturated rings. The standard InChI is InChI=1S/C19H14ClN3O/c1-11-18-13(12-6-2-4-8-15(12)22-18)10-17(21-11)19(24)23-16-9-5-3-7-14(16)20/h2-10,22H,1H3,(H,23,24). The second-order valence-electron chi connectivity index (χ2n) is 5.62. The maximum Gasteiger partial charge on any atom is 0.274 e. The van der Waals surface area contributed by atoms with Gasteiger partial charge in [0.1, 0.15) is 5.69 Å². The summed E-state index contributed by atoms with van der Waals surface area (Å²) in [5, 5.41) is 5.37. The smallest absolute Gasteiger partial charge is 0.274 e. The van der Waals surface area contributed by atoms with Crippen LogP contribution >= 0.6 is 11.6 Å². The molecular weight excluding hydrogens is 322 g/mol. The van der Waals surface area contributed by atoms with E-state index in [1.165, 1.54) is 0 Å². The summed E-state index contributed by atoms with van der Waals surface area (Å²) in [6.07, 6.45) is 0. The monoisotopic (exact) mass is 335 g/mol. The molecule has 0 aliphatic rings. The molecule has 4 rings (SSSR count). The van der Waals surface area contributed by atoms with Crippen molar-refractivity contribution in [3.8, 4) is 0 Å². The summed E-state index contributed by atoms with van der Waals surface area (Å²) in [4.78, 5) is 20.4. The molecule has 2 N–H and O–H groups in total. The first-order valence-corrected chi connectivity index (χ1v) is 7.95. The van der Waals surface area contributed by atoms with Crippen LogP contribution in [0.5, 0.6) is 0 Å². The number of carbonyl (C=O) groups is 1. The Morgan fingerprint density at radius 1 is 1.08 bits per heavy atom. The molecule has 0 atom stereocenters. The van der Waals surface area contributed by atoms with Crippen molar-refractivity contribution in [2.24, 2.45) is 0 Å². The van der Waals surface area contributed by atoms with Crippen LogP contribution in [-0.2, 0) is 0 Å². The third kappa shape index (κ3) is 2.41. The first-order valence-electron chi connectivity index (χ1n) is 7.57. The number of nitrogens with one attached hydrogen (secondary N) is 2. The maximum absolute atomic E-state index is 12.6. The molecule has 24 heavy (non-hydrogen) atoms. The van der Waals surface area contributed by atoms with Crippen LogP contribution < -0.4 is 5.32 Å². The molecule has 0 saturated carbocycles. The summed E-state index contributed by atoms with van der Waals surface area (Å²) in [5.74, 6) is -0.279. The molecular formula is C19H14ClN3O. The molecule has 0 unspecified atom stereocenters. The van der Waals surface area contributed by atoms with Crippen LogP contribution in [0.15, 0.2) is 54.6 Å². The van der Waals surface area contributed by atoms with E-state index in [-0.39, 0.29) is 5.91 Å². The lowest BCUT2D eigenvalue weighted by molar-refractivity contribution is 0.102. The summed E-state index contributed by atoms with van der Waals surface area (Å²) in [7, 11) is 0. The minimum absolute atomic E-state index is 0.279. The van der Waals surface area contributed by atoms with Crippen molar-refractivity contribution in [2.45, 2.75) is 6.92 Å². The average molecular weight is 336 g/mol. The topological polar surface area (TPSA) is 57.8 Å². The fourth-order valence-corrected chi connectivity index (χ4v) is 3.05. The third-order valence-electron chi connectivity index (χ3n) is 4.03. The number of H-pyrrole nitrogens is 1. The molecule has 2 heterocycles. The molecule has 0 saturated heterocycles. The number of nitrogens with zero attached hydrogens (tertiary/aromatic N) is 1.